The molecule has 0 bridgehead atoms. The van der Waals surface area contributed by atoms with Gasteiger partial charge < -0.3 is 15.0 Å². The van der Waals surface area contributed by atoms with Gasteiger partial charge in [0, 0.05) is 13.0 Å². The third kappa shape index (κ3) is 8.45. The fourth-order valence-corrected chi connectivity index (χ4v) is 2.39. The molecule has 1 saturated heterocycles. The van der Waals surface area contributed by atoms with E-state index >= 15 is 0 Å². The normalized spacial score (nSPS) is 16.2. The Hall–Kier alpha value is -0.320. The van der Waals surface area contributed by atoms with Crippen LogP contribution < -0.4 is 5.32 Å². The van der Waals surface area contributed by atoms with E-state index in [9.17, 15) is 4.79 Å². The van der Waals surface area contributed by atoms with E-state index in [1.54, 1.807) is 0 Å². The summed E-state index contributed by atoms with van der Waals surface area (Å²) in [5.74, 6) is 0.683. The van der Waals surface area contributed by atoms with Gasteiger partial charge in [-0.05, 0) is 51.4 Å². The standard InChI is InChI=1S/C14H28N2O2.ClH/c1-3-16(4-2)11-12-18-14(17)6-5-13-7-9-15-10-8-13;/h13,15H,3-12H2,1-2H3;1H. The zero-order valence-corrected chi connectivity index (χ0v) is 13.1. The van der Waals surface area contributed by atoms with E-state index in [1.807, 2.05) is 0 Å². The molecule has 4 nitrogen and oxygen atoms in total. The SMILES string of the molecule is CCN(CC)CCOC(=O)CCC1CCNCC1.Cl. The summed E-state index contributed by atoms with van der Waals surface area (Å²) in [6, 6.07) is 0. The molecule has 0 aromatic rings. The van der Waals surface area contributed by atoms with Crippen LogP contribution in [0.4, 0.5) is 0 Å². The van der Waals surface area contributed by atoms with E-state index in [1.165, 1.54) is 12.8 Å². The van der Waals surface area contributed by atoms with E-state index in [0.29, 0.717) is 18.9 Å². The zero-order valence-electron chi connectivity index (χ0n) is 12.3. The summed E-state index contributed by atoms with van der Waals surface area (Å²) in [7, 11) is 0. The lowest BCUT2D eigenvalue weighted by atomic mass is 9.93. The van der Waals surface area contributed by atoms with E-state index in [0.717, 1.165) is 39.1 Å². The third-order valence-electron chi connectivity index (χ3n) is 3.78. The number of hydrogen-bond donors (Lipinski definition) is 1. The Labute approximate surface area is 123 Å². The molecule has 0 unspecified atom stereocenters. The van der Waals surface area contributed by atoms with E-state index < -0.39 is 0 Å². The number of likely N-dealkylation sites (N-methyl/N-ethyl adjacent to an activating group) is 1. The first-order valence-electron chi connectivity index (χ1n) is 7.35. The largest absolute Gasteiger partial charge is 0.464 e. The van der Waals surface area contributed by atoms with Gasteiger partial charge in [-0.25, -0.2) is 0 Å². The summed E-state index contributed by atoms with van der Waals surface area (Å²) in [6.45, 7) is 9.87. The lowest BCUT2D eigenvalue weighted by Gasteiger charge is -2.22. The van der Waals surface area contributed by atoms with Crippen LogP contribution in [0.15, 0.2) is 0 Å². The predicted octanol–water partition coefficient (Wildman–Crippen LogP) is 2.07. The van der Waals surface area contributed by atoms with Gasteiger partial charge in [-0.2, -0.15) is 0 Å². The number of esters is 1. The van der Waals surface area contributed by atoms with Crippen LogP contribution in [0.25, 0.3) is 0 Å². The molecule has 0 aromatic heterocycles. The van der Waals surface area contributed by atoms with Crippen LogP contribution in [0.3, 0.4) is 0 Å². The molecule has 0 aliphatic carbocycles. The fourth-order valence-electron chi connectivity index (χ4n) is 2.39. The van der Waals surface area contributed by atoms with E-state index in [4.69, 9.17) is 4.74 Å². The molecule has 1 N–H and O–H groups in total. The monoisotopic (exact) mass is 292 g/mol. The van der Waals surface area contributed by atoms with Gasteiger partial charge in [0.1, 0.15) is 6.61 Å². The number of nitrogens with one attached hydrogen (secondary N) is 1. The number of rotatable bonds is 8. The molecule has 5 heteroatoms. The number of ether oxygens (including phenoxy) is 1. The molecule has 0 amide bonds. The van der Waals surface area contributed by atoms with Crippen molar-refractivity contribution in [3.05, 3.63) is 0 Å². The van der Waals surface area contributed by atoms with Crippen LogP contribution in [0.2, 0.25) is 0 Å². The van der Waals surface area contributed by atoms with Crippen molar-refractivity contribution >= 4 is 18.4 Å². The molecule has 0 atom stereocenters. The molecule has 0 saturated carbocycles. The molecule has 0 radical (unpaired) electrons. The topological polar surface area (TPSA) is 41.6 Å². The maximum Gasteiger partial charge on any atom is 0.305 e. The van der Waals surface area contributed by atoms with E-state index in [-0.39, 0.29) is 18.4 Å². The minimum Gasteiger partial charge on any atom is -0.464 e. The Kier molecular flexibility index (Phi) is 11.3. The Balaban J connectivity index is 0.00000324. The van der Waals surface area contributed by atoms with Crippen LogP contribution in [0.1, 0.15) is 39.5 Å². The number of halogens is 1. The molecule has 0 aromatic carbocycles. The fraction of sp³-hybridized carbons (Fsp3) is 0.929. The number of piperidine rings is 1. The first kappa shape index (κ1) is 18.7. The summed E-state index contributed by atoms with van der Waals surface area (Å²) in [4.78, 5) is 13.9. The van der Waals surface area contributed by atoms with Crippen LogP contribution in [0, 0.1) is 5.92 Å². The highest BCUT2D eigenvalue weighted by Crippen LogP contribution is 2.17. The number of carbonyl (C=O) groups is 1. The molecular formula is C14H29ClN2O2. The zero-order chi connectivity index (χ0) is 13.2. The molecule has 1 aliphatic heterocycles. The first-order chi connectivity index (χ1) is 8.76. The quantitative estimate of drug-likeness (QED) is 0.696. The second-order valence-electron chi connectivity index (χ2n) is 4.98. The Morgan fingerprint density at radius 1 is 1.26 bits per heavy atom. The van der Waals surface area contributed by atoms with Gasteiger partial charge in [-0.1, -0.05) is 13.8 Å². The highest BCUT2D eigenvalue weighted by atomic mass is 35.5. The summed E-state index contributed by atoms with van der Waals surface area (Å²) in [5, 5.41) is 3.34. The van der Waals surface area contributed by atoms with E-state index in [2.05, 4.69) is 24.1 Å². The molecular weight excluding hydrogens is 264 g/mol. The number of hydrogen-bond acceptors (Lipinski definition) is 4. The average molecular weight is 293 g/mol. The van der Waals surface area contributed by atoms with Crippen molar-refractivity contribution < 1.29 is 9.53 Å². The molecule has 1 rings (SSSR count). The van der Waals surface area contributed by atoms with Crippen LogP contribution in [-0.4, -0.2) is 50.2 Å². The molecule has 1 fully saturated rings. The van der Waals surface area contributed by atoms with Crippen molar-refractivity contribution in [1.82, 2.24) is 10.2 Å². The summed E-state index contributed by atoms with van der Waals surface area (Å²) >= 11 is 0. The van der Waals surface area contributed by atoms with Gasteiger partial charge in [-0.15, -0.1) is 12.4 Å². The van der Waals surface area contributed by atoms with Crippen molar-refractivity contribution in [2.45, 2.75) is 39.5 Å². The van der Waals surface area contributed by atoms with Gasteiger partial charge >= 0.3 is 5.97 Å². The molecule has 1 aliphatic rings. The molecule has 19 heavy (non-hydrogen) atoms. The average Bonchev–Trinajstić information content (AvgIpc) is 2.42. The predicted molar refractivity (Wildman–Crippen MR) is 80.8 cm³/mol. The Morgan fingerprint density at radius 3 is 2.47 bits per heavy atom. The molecule has 114 valence electrons. The van der Waals surface area contributed by atoms with Gasteiger partial charge in [0.25, 0.3) is 0 Å². The van der Waals surface area contributed by atoms with Crippen LogP contribution in [-0.2, 0) is 9.53 Å². The highest BCUT2D eigenvalue weighted by Gasteiger charge is 2.15. The van der Waals surface area contributed by atoms with Crippen molar-refractivity contribution in [2.75, 3.05) is 39.3 Å². The number of carbonyl (C=O) groups excluding carboxylic acids is 1. The maximum atomic E-state index is 11.6. The molecule has 0 spiro atoms. The van der Waals surface area contributed by atoms with Crippen LogP contribution >= 0.6 is 12.4 Å². The number of nitrogens with zero attached hydrogens (tertiary/aromatic N) is 1. The lowest BCUT2D eigenvalue weighted by Crippen LogP contribution is -2.29. The van der Waals surface area contributed by atoms with Gasteiger partial charge in [0.2, 0.25) is 0 Å². The first-order valence-corrected chi connectivity index (χ1v) is 7.35. The highest BCUT2D eigenvalue weighted by molar-refractivity contribution is 5.85. The lowest BCUT2D eigenvalue weighted by molar-refractivity contribution is -0.144. The maximum absolute atomic E-state index is 11.6. The van der Waals surface area contributed by atoms with Gasteiger partial charge in [0.05, 0.1) is 0 Å². The molecule has 1 heterocycles. The summed E-state index contributed by atoms with van der Waals surface area (Å²) in [6.07, 6.45) is 3.98. The van der Waals surface area contributed by atoms with Crippen LogP contribution in [0.5, 0.6) is 0 Å². The van der Waals surface area contributed by atoms with Crippen molar-refractivity contribution in [2.24, 2.45) is 5.92 Å². The van der Waals surface area contributed by atoms with Crippen molar-refractivity contribution in [3.8, 4) is 0 Å². The summed E-state index contributed by atoms with van der Waals surface area (Å²) < 4.78 is 5.27. The minimum absolute atomic E-state index is 0. The summed E-state index contributed by atoms with van der Waals surface area (Å²) in [5.41, 5.74) is 0. The van der Waals surface area contributed by atoms with Crippen molar-refractivity contribution in [3.63, 3.8) is 0 Å². The van der Waals surface area contributed by atoms with Crippen molar-refractivity contribution in [1.29, 1.82) is 0 Å². The second-order valence-corrected chi connectivity index (χ2v) is 4.98. The minimum atomic E-state index is -0.0271. The Bertz CT molecular complexity index is 229. The smallest absolute Gasteiger partial charge is 0.305 e. The third-order valence-corrected chi connectivity index (χ3v) is 3.78. The Morgan fingerprint density at radius 2 is 1.89 bits per heavy atom. The second kappa shape index (κ2) is 11.5. The van der Waals surface area contributed by atoms with Gasteiger partial charge in [-0.3, -0.25) is 4.79 Å². The van der Waals surface area contributed by atoms with Gasteiger partial charge in [0.15, 0.2) is 0 Å².